The third-order valence-corrected chi connectivity index (χ3v) is 7.74. The monoisotopic (exact) mass is 213 g/mol. The van der Waals surface area contributed by atoms with Gasteiger partial charge in [0.05, 0.1) is 24.6 Å². The van der Waals surface area contributed by atoms with Gasteiger partial charge in [0.25, 0.3) is 0 Å². The second-order valence-corrected chi connectivity index (χ2v) is 9.01. The molecular weight excluding hydrogens is 187 g/mol. The molecule has 0 nitrogen and oxygen atoms in total. The van der Waals surface area contributed by atoms with Gasteiger partial charge in [0.1, 0.15) is 0 Å². The molecule has 0 aliphatic heterocycles. The standard InChI is InChI=1S/C13H26P/c1-7-9-14(8-2,10-12(3)4)11-13(5)6/h3,5,7-11H2,1-2,4,6H3/q+1. The molecule has 0 saturated heterocycles. The van der Waals surface area contributed by atoms with E-state index < -0.39 is 7.26 Å². The van der Waals surface area contributed by atoms with E-state index in [0.29, 0.717) is 0 Å². The van der Waals surface area contributed by atoms with Crippen molar-refractivity contribution in [3.05, 3.63) is 24.3 Å². The van der Waals surface area contributed by atoms with Gasteiger partial charge < -0.3 is 0 Å². The van der Waals surface area contributed by atoms with E-state index in [-0.39, 0.29) is 0 Å². The quantitative estimate of drug-likeness (QED) is 0.429. The summed E-state index contributed by atoms with van der Waals surface area (Å²) in [4.78, 5) is 0. The minimum atomic E-state index is -0.788. The third kappa shape index (κ3) is 4.96. The highest BCUT2D eigenvalue weighted by molar-refractivity contribution is 7.76. The fourth-order valence-corrected chi connectivity index (χ4v) is 6.65. The van der Waals surface area contributed by atoms with Gasteiger partial charge in [0.2, 0.25) is 0 Å². The Hall–Kier alpha value is -0.0900. The SMILES string of the molecule is C=C(C)C[P+](CC)(CCC)CC(=C)C. The van der Waals surface area contributed by atoms with E-state index in [1.165, 1.54) is 42.2 Å². The number of rotatable bonds is 7. The van der Waals surface area contributed by atoms with Crippen molar-refractivity contribution in [2.24, 2.45) is 0 Å². The Morgan fingerprint density at radius 2 is 1.43 bits per heavy atom. The second-order valence-electron chi connectivity index (χ2n) is 4.61. The Labute approximate surface area is 90.8 Å². The molecule has 0 rings (SSSR count). The molecule has 0 unspecified atom stereocenters. The molecule has 0 atom stereocenters. The molecule has 0 aromatic heterocycles. The Balaban J connectivity index is 4.58. The summed E-state index contributed by atoms with van der Waals surface area (Å²) >= 11 is 0. The van der Waals surface area contributed by atoms with E-state index in [4.69, 9.17) is 0 Å². The van der Waals surface area contributed by atoms with Crippen molar-refractivity contribution in [3.63, 3.8) is 0 Å². The van der Waals surface area contributed by atoms with E-state index >= 15 is 0 Å². The van der Waals surface area contributed by atoms with Gasteiger partial charge in [0.15, 0.2) is 0 Å². The molecule has 0 saturated carbocycles. The topological polar surface area (TPSA) is 0 Å². The van der Waals surface area contributed by atoms with Crippen LogP contribution in [0.15, 0.2) is 24.3 Å². The van der Waals surface area contributed by atoms with Crippen LogP contribution >= 0.6 is 7.26 Å². The van der Waals surface area contributed by atoms with E-state index in [0.717, 1.165) is 0 Å². The van der Waals surface area contributed by atoms with Crippen LogP contribution < -0.4 is 0 Å². The molecule has 0 radical (unpaired) electrons. The van der Waals surface area contributed by atoms with Crippen LogP contribution in [0.4, 0.5) is 0 Å². The third-order valence-electron chi connectivity index (χ3n) is 2.58. The van der Waals surface area contributed by atoms with Crippen LogP contribution in [0.25, 0.3) is 0 Å². The zero-order valence-electron chi connectivity index (χ0n) is 10.4. The maximum absolute atomic E-state index is 4.08. The summed E-state index contributed by atoms with van der Waals surface area (Å²) in [6.45, 7) is 17.1. The molecular formula is C13H26P+. The van der Waals surface area contributed by atoms with Gasteiger partial charge in [-0.25, -0.2) is 0 Å². The number of hydrogen-bond acceptors (Lipinski definition) is 0. The molecule has 0 N–H and O–H groups in total. The molecule has 14 heavy (non-hydrogen) atoms. The van der Waals surface area contributed by atoms with Crippen molar-refractivity contribution >= 4 is 7.26 Å². The average molecular weight is 213 g/mol. The van der Waals surface area contributed by atoms with Crippen molar-refractivity contribution < 1.29 is 0 Å². The zero-order chi connectivity index (χ0) is 11.2. The van der Waals surface area contributed by atoms with Crippen LogP contribution in [0.2, 0.25) is 0 Å². The maximum atomic E-state index is 4.08. The van der Waals surface area contributed by atoms with E-state index in [1.54, 1.807) is 0 Å². The van der Waals surface area contributed by atoms with E-state index in [2.05, 4.69) is 40.9 Å². The first-order valence-electron chi connectivity index (χ1n) is 5.59. The molecule has 0 heterocycles. The van der Waals surface area contributed by atoms with Gasteiger partial charge in [-0.2, -0.15) is 0 Å². The fourth-order valence-electron chi connectivity index (χ4n) is 2.22. The molecule has 1 heteroatoms. The molecule has 0 bridgehead atoms. The smallest absolute Gasteiger partial charge is 0.0800 e. The van der Waals surface area contributed by atoms with Crippen LogP contribution in [0.1, 0.15) is 34.1 Å². The summed E-state index contributed by atoms with van der Waals surface area (Å²) in [7, 11) is -0.788. The predicted octanol–water partition coefficient (Wildman–Crippen LogP) is 4.59. The van der Waals surface area contributed by atoms with Gasteiger partial charge in [-0.05, 0) is 38.3 Å². The van der Waals surface area contributed by atoms with E-state index in [1.807, 2.05) is 0 Å². The van der Waals surface area contributed by atoms with E-state index in [9.17, 15) is 0 Å². The largest absolute Gasteiger partial charge is 0.0965 e. The summed E-state index contributed by atoms with van der Waals surface area (Å²) in [5.74, 6) is 0. The second kappa shape index (κ2) is 6.40. The molecule has 82 valence electrons. The summed E-state index contributed by atoms with van der Waals surface area (Å²) in [6.07, 6.45) is 6.60. The minimum absolute atomic E-state index is 0.788. The Morgan fingerprint density at radius 3 is 1.64 bits per heavy atom. The van der Waals surface area contributed by atoms with Crippen LogP contribution in [0.5, 0.6) is 0 Å². The zero-order valence-corrected chi connectivity index (χ0v) is 11.3. The van der Waals surface area contributed by atoms with Crippen molar-refractivity contribution in [3.8, 4) is 0 Å². The van der Waals surface area contributed by atoms with Crippen LogP contribution in [-0.2, 0) is 0 Å². The fraction of sp³-hybridized carbons (Fsp3) is 0.692. The highest BCUT2D eigenvalue weighted by atomic mass is 31.2. The Bertz CT molecular complexity index is 187. The molecule has 0 amide bonds. The van der Waals surface area contributed by atoms with Gasteiger partial charge in [-0.15, -0.1) is 0 Å². The lowest BCUT2D eigenvalue weighted by atomic mass is 10.4. The Kier molecular flexibility index (Phi) is 6.36. The number of allylic oxidation sites excluding steroid dienone is 2. The lowest BCUT2D eigenvalue weighted by Gasteiger charge is -2.26. The van der Waals surface area contributed by atoms with Gasteiger partial charge in [-0.3, -0.25) is 0 Å². The summed E-state index contributed by atoms with van der Waals surface area (Å²) in [5.41, 5.74) is 2.71. The van der Waals surface area contributed by atoms with Crippen LogP contribution in [-0.4, -0.2) is 24.6 Å². The van der Waals surface area contributed by atoms with Gasteiger partial charge >= 0.3 is 0 Å². The molecule has 0 spiro atoms. The normalized spacial score (nSPS) is 11.4. The summed E-state index contributed by atoms with van der Waals surface area (Å²) < 4.78 is 0. The van der Waals surface area contributed by atoms with Crippen molar-refractivity contribution in [1.29, 1.82) is 0 Å². The first-order chi connectivity index (χ1) is 6.45. The first-order valence-corrected chi connectivity index (χ1v) is 8.12. The summed E-state index contributed by atoms with van der Waals surface area (Å²) in [6, 6.07) is 0. The molecule has 0 aromatic rings. The molecule has 0 aliphatic rings. The van der Waals surface area contributed by atoms with Crippen molar-refractivity contribution in [2.75, 3.05) is 24.6 Å². The molecule has 0 aromatic carbocycles. The lowest BCUT2D eigenvalue weighted by Crippen LogP contribution is -2.11. The highest BCUT2D eigenvalue weighted by Gasteiger charge is 2.33. The van der Waals surface area contributed by atoms with Crippen molar-refractivity contribution in [1.82, 2.24) is 0 Å². The highest BCUT2D eigenvalue weighted by Crippen LogP contribution is 2.60. The summed E-state index contributed by atoms with van der Waals surface area (Å²) in [5, 5.41) is 0. The minimum Gasteiger partial charge on any atom is -0.0965 e. The molecule has 0 aliphatic carbocycles. The first kappa shape index (κ1) is 13.9. The van der Waals surface area contributed by atoms with Crippen molar-refractivity contribution in [2.45, 2.75) is 34.1 Å². The van der Waals surface area contributed by atoms with Crippen LogP contribution in [0.3, 0.4) is 0 Å². The van der Waals surface area contributed by atoms with Gasteiger partial charge in [0, 0.05) is 7.26 Å². The lowest BCUT2D eigenvalue weighted by molar-refractivity contribution is 1.07. The number of hydrogen-bond donors (Lipinski definition) is 0. The molecule has 0 fully saturated rings. The van der Waals surface area contributed by atoms with Crippen LogP contribution in [0, 0.1) is 0 Å². The van der Waals surface area contributed by atoms with Gasteiger partial charge in [-0.1, -0.05) is 20.1 Å². The maximum Gasteiger partial charge on any atom is 0.0800 e. The predicted molar refractivity (Wildman–Crippen MR) is 72.0 cm³/mol. The average Bonchev–Trinajstić information content (AvgIpc) is 2.02. The Morgan fingerprint density at radius 1 is 1.00 bits per heavy atom.